The minimum absolute atomic E-state index is 0. The van der Waals surface area contributed by atoms with Gasteiger partial charge in [0.05, 0.1) is 11.4 Å². The summed E-state index contributed by atoms with van der Waals surface area (Å²) in [5.41, 5.74) is -4.48. The fourth-order valence-corrected chi connectivity index (χ4v) is 0.447. The van der Waals surface area contributed by atoms with Gasteiger partial charge < -0.3 is 42.6 Å². The molecule has 0 bridgehead atoms. The maximum absolute atomic E-state index is 4.63. The van der Waals surface area contributed by atoms with E-state index in [4.69, 9.17) is 0 Å². The maximum Gasteiger partial charge on any atom is 2.00 e. The van der Waals surface area contributed by atoms with Crippen molar-refractivity contribution in [3.63, 3.8) is 0 Å². The molecule has 0 aliphatic rings. The third-order valence-electron chi connectivity index (χ3n) is 0.894. The zero-order valence-electron chi connectivity index (χ0n) is 8.46. The SMILES string of the molecule is COP(=S)([S-])OC.COP(=S)([S-])OC.[Cu+2]. The fourth-order valence-electron chi connectivity index (χ4n) is 0.149. The van der Waals surface area contributed by atoms with Crippen molar-refractivity contribution in [3.05, 3.63) is 0 Å². The molecule has 97 valence electrons. The first-order chi connectivity index (χ1) is 6.24. The molecule has 0 fully saturated rings. The van der Waals surface area contributed by atoms with E-state index in [-0.39, 0.29) is 17.1 Å². The summed E-state index contributed by atoms with van der Waals surface area (Å²) < 4.78 is 18.4. The van der Waals surface area contributed by atoms with Crippen molar-refractivity contribution in [2.24, 2.45) is 0 Å². The molecule has 0 aromatic heterocycles. The van der Waals surface area contributed by atoms with Gasteiger partial charge >= 0.3 is 17.1 Å². The van der Waals surface area contributed by atoms with Crippen LogP contribution in [0.25, 0.3) is 0 Å². The van der Waals surface area contributed by atoms with Crippen LogP contribution in [0.2, 0.25) is 0 Å². The van der Waals surface area contributed by atoms with Gasteiger partial charge in [-0.2, -0.15) is 0 Å². The van der Waals surface area contributed by atoms with Crippen LogP contribution < -0.4 is 0 Å². The second kappa shape index (κ2) is 11.4. The van der Waals surface area contributed by atoms with E-state index in [1.807, 2.05) is 0 Å². The van der Waals surface area contributed by atoms with Crippen molar-refractivity contribution in [1.82, 2.24) is 0 Å². The van der Waals surface area contributed by atoms with Gasteiger partial charge in [0.15, 0.2) is 0 Å². The van der Waals surface area contributed by atoms with Crippen LogP contribution in [0, 0.1) is 0 Å². The van der Waals surface area contributed by atoms with Crippen molar-refractivity contribution in [2.75, 3.05) is 28.4 Å². The van der Waals surface area contributed by atoms with E-state index < -0.39 is 11.4 Å². The molecule has 1 radical (unpaired) electrons. The van der Waals surface area contributed by atoms with Crippen LogP contribution in [0.4, 0.5) is 0 Å². The second-order valence-corrected chi connectivity index (χ2v) is 12.0. The summed E-state index contributed by atoms with van der Waals surface area (Å²) in [6.45, 7) is 0. The molecule has 0 N–H and O–H groups in total. The van der Waals surface area contributed by atoms with E-state index in [1.165, 1.54) is 28.4 Å². The van der Waals surface area contributed by atoms with Crippen LogP contribution in [-0.2, 0) is 83.3 Å². The van der Waals surface area contributed by atoms with Gasteiger partial charge in [-0.3, -0.25) is 0 Å². The third-order valence-corrected chi connectivity index (χ3v) is 6.26. The molecule has 0 saturated carbocycles. The minimum atomic E-state index is -2.24. The largest absolute Gasteiger partial charge is 2.00 e. The second-order valence-electron chi connectivity index (χ2n) is 1.62. The van der Waals surface area contributed by atoms with Gasteiger partial charge in [0, 0.05) is 28.4 Å². The molecule has 0 aliphatic heterocycles. The normalized spacial score (nSPS) is 11.1. The molecule has 0 heterocycles. The van der Waals surface area contributed by atoms with E-state index in [0.717, 1.165) is 0 Å². The van der Waals surface area contributed by atoms with Crippen LogP contribution in [0.5, 0.6) is 0 Å². The Kier molecular flexibility index (Phi) is 17.2. The van der Waals surface area contributed by atoms with Gasteiger partial charge in [0.1, 0.15) is 0 Å². The summed E-state index contributed by atoms with van der Waals surface area (Å²) in [6.07, 6.45) is 0. The molecule has 11 heteroatoms. The van der Waals surface area contributed by atoms with E-state index in [0.29, 0.717) is 0 Å². The molecule has 0 saturated heterocycles. The molecule has 0 rings (SSSR count). The Balaban J connectivity index is -0.000000180. The molecule has 0 aromatic carbocycles. The Labute approximate surface area is 122 Å². The van der Waals surface area contributed by atoms with Crippen molar-refractivity contribution >= 4 is 59.5 Å². The molecule has 4 nitrogen and oxygen atoms in total. The van der Waals surface area contributed by atoms with E-state index in [9.17, 15) is 0 Å². The predicted octanol–water partition coefficient (Wildman–Crippen LogP) is 2.10. The molecule has 15 heavy (non-hydrogen) atoms. The van der Waals surface area contributed by atoms with Crippen LogP contribution >= 0.6 is 11.4 Å². The molecule has 0 atom stereocenters. The third kappa shape index (κ3) is 16.4. The van der Waals surface area contributed by atoms with Gasteiger partial charge in [-0.25, -0.2) is 0 Å². The average Bonchev–Trinajstić information content (AvgIpc) is 2.19. The molecule has 0 amide bonds. The van der Waals surface area contributed by atoms with Crippen LogP contribution in [0.15, 0.2) is 0 Å². The Bertz CT molecular complexity index is 201. The van der Waals surface area contributed by atoms with Gasteiger partial charge in [-0.15, -0.1) is 0 Å². The first-order valence-electron chi connectivity index (χ1n) is 3.09. The van der Waals surface area contributed by atoms with Gasteiger partial charge in [0.25, 0.3) is 0 Å². The summed E-state index contributed by atoms with van der Waals surface area (Å²) in [6, 6.07) is 0. The molecular weight excluding hydrogens is 366 g/mol. The zero-order chi connectivity index (χ0) is 11.8. The van der Waals surface area contributed by atoms with Crippen LogP contribution in [-0.4, -0.2) is 28.4 Å². The number of hydrogen-bond donors (Lipinski definition) is 0. The summed E-state index contributed by atoms with van der Waals surface area (Å²) in [5, 5.41) is 0. The summed E-state index contributed by atoms with van der Waals surface area (Å²) in [4.78, 5) is 0. The van der Waals surface area contributed by atoms with Crippen molar-refractivity contribution in [3.8, 4) is 0 Å². The van der Waals surface area contributed by atoms with Gasteiger partial charge in [-0.05, 0) is 0 Å². The number of hydrogen-bond acceptors (Lipinski definition) is 8. The van der Waals surface area contributed by atoms with Crippen LogP contribution in [0.1, 0.15) is 0 Å². The first-order valence-corrected chi connectivity index (χ1v) is 10.4. The average molecular weight is 378 g/mol. The molecule has 0 spiro atoms. The van der Waals surface area contributed by atoms with Gasteiger partial charge in [-0.1, -0.05) is 23.6 Å². The minimum Gasteiger partial charge on any atom is -0.691 e. The summed E-state index contributed by atoms with van der Waals surface area (Å²) in [5.74, 6) is 0. The molecular formula is C4H12CuO4P2S4. The summed E-state index contributed by atoms with van der Waals surface area (Å²) >= 11 is 18.5. The Morgan fingerprint density at radius 2 is 0.867 bits per heavy atom. The Morgan fingerprint density at radius 3 is 0.867 bits per heavy atom. The fraction of sp³-hybridized carbons (Fsp3) is 1.00. The quantitative estimate of drug-likeness (QED) is 0.419. The first kappa shape index (κ1) is 22.5. The van der Waals surface area contributed by atoms with E-state index >= 15 is 0 Å². The van der Waals surface area contributed by atoms with Crippen molar-refractivity contribution < 1.29 is 35.2 Å². The van der Waals surface area contributed by atoms with Crippen molar-refractivity contribution in [2.45, 2.75) is 0 Å². The van der Waals surface area contributed by atoms with Gasteiger partial charge in [0.2, 0.25) is 0 Å². The van der Waals surface area contributed by atoms with E-state index in [1.54, 1.807) is 0 Å². The predicted molar refractivity (Wildman–Crippen MR) is 71.3 cm³/mol. The number of rotatable bonds is 4. The molecule has 0 aromatic rings. The Hall–Kier alpha value is 2.36. The van der Waals surface area contributed by atoms with Crippen LogP contribution in [0.3, 0.4) is 0 Å². The Morgan fingerprint density at radius 1 is 0.733 bits per heavy atom. The van der Waals surface area contributed by atoms with Crippen molar-refractivity contribution in [1.29, 1.82) is 0 Å². The smallest absolute Gasteiger partial charge is 0.691 e. The topological polar surface area (TPSA) is 36.9 Å². The maximum atomic E-state index is 4.63. The zero-order valence-corrected chi connectivity index (χ0v) is 14.5. The molecule has 0 aliphatic carbocycles. The summed E-state index contributed by atoms with van der Waals surface area (Å²) in [7, 11) is 5.82. The van der Waals surface area contributed by atoms with E-state index in [2.05, 4.69) is 66.2 Å². The monoisotopic (exact) mass is 377 g/mol. The molecule has 0 unspecified atom stereocenters. The standard InChI is InChI=1S/2C2H7O2PS2.Cu/c2*1-3-5(6,7)4-2;/h2*1-2H3,(H,6,7);/q;;+2/p-2.